The van der Waals surface area contributed by atoms with Gasteiger partial charge in [0.1, 0.15) is 5.60 Å². The molecule has 0 heterocycles. The first-order chi connectivity index (χ1) is 8.50. The third-order valence-corrected chi connectivity index (χ3v) is 3.26. The molecule has 0 spiro atoms. The Kier molecular flexibility index (Phi) is 5.31. The van der Waals surface area contributed by atoms with Crippen LogP contribution in [0.2, 0.25) is 0 Å². The molecule has 1 aliphatic rings. The molecule has 0 radical (unpaired) electrons. The second kappa shape index (κ2) is 6.52. The standard InChI is InChI=1S/C11H15NO.C3H6O2/c12-10-7-4-8-11(10,13)9-5-2-1-3-6-9;1-2-3(4)5/h1-3,5-6,10,13H,4,7-8,12H2;2H2,1H3,(H,4,5)/t10-,11?;/m0./s1. The zero-order valence-electron chi connectivity index (χ0n) is 10.7. The summed E-state index contributed by atoms with van der Waals surface area (Å²) >= 11 is 0. The van der Waals surface area contributed by atoms with Crippen LogP contribution in [0.5, 0.6) is 0 Å². The van der Waals surface area contributed by atoms with Crippen molar-refractivity contribution in [3.05, 3.63) is 35.9 Å². The lowest BCUT2D eigenvalue weighted by Crippen LogP contribution is -2.40. The second-order valence-electron chi connectivity index (χ2n) is 4.54. The Labute approximate surface area is 107 Å². The fourth-order valence-corrected chi connectivity index (χ4v) is 2.10. The summed E-state index contributed by atoms with van der Waals surface area (Å²) in [4.78, 5) is 9.37. The summed E-state index contributed by atoms with van der Waals surface area (Å²) in [5.41, 5.74) is 6.08. The molecule has 1 aromatic carbocycles. The lowest BCUT2D eigenvalue weighted by atomic mass is 9.89. The number of rotatable bonds is 2. The molecule has 0 bridgehead atoms. The van der Waals surface area contributed by atoms with Gasteiger partial charge in [0.2, 0.25) is 0 Å². The Hall–Kier alpha value is -1.39. The smallest absolute Gasteiger partial charge is 0.303 e. The van der Waals surface area contributed by atoms with Crippen molar-refractivity contribution in [1.82, 2.24) is 0 Å². The minimum absolute atomic E-state index is 0.102. The van der Waals surface area contributed by atoms with Gasteiger partial charge in [0, 0.05) is 12.5 Å². The van der Waals surface area contributed by atoms with Gasteiger partial charge in [0.05, 0.1) is 0 Å². The van der Waals surface area contributed by atoms with Crippen LogP contribution < -0.4 is 5.73 Å². The van der Waals surface area contributed by atoms with Gasteiger partial charge in [-0.05, 0) is 24.8 Å². The maximum atomic E-state index is 10.3. The van der Waals surface area contributed by atoms with Crippen LogP contribution in [0.25, 0.3) is 0 Å². The average Bonchev–Trinajstić information content (AvgIpc) is 2.73. The highest BCUT2D eigenvalue weighted by molar-refractivity contribution is 5.66. The summed E-state index contributed by atoms with van der Waals surface area (Å²) in [6.07, 6.45) is 2.95. The maximum Gasteiger partial charge on any atom is 0.303 e. The van der Waals surface area contributed by atoms with Crippen molar-refractivity contribution in [2.24, 2.45) is 5.73 Å². The zero-order valence-corrected chi connectivity index (χ0v) is 10.7. The Bertz CT molecular complexity index is 380. The SMILES string of the molecule is CCC(=O)O.N[C@H]1CCCC1(O)c1ccccc1. The van der Waals surface area contributed by atoms with Crippen LogP contribution in [0, 0.1) is 0 Å². The van der Waals surface area contributed by atoms with E-state index in [2.05, 4.69) is 0 Å². The highest BCUT2D eigenvalue weighted by Gasteiger charge is 2.39. The molecular formula is C14H21NO3. The molecule has 18 heavy (non-hydrogen) atoms. The number of carboxylic acid groups (broad SMARTS) is 1. The molecule has 0 amide bonds. The summed E-state index contributed by atoms with van der Waals surface area (Å²) in [6.45, 7) is 1.60. The number of aliphatic carboxylic acids is 1. The van der Waals surface area contributed by atoms with E-state index in [-0.39, 0.29) is 12.5 Å². The van der Waals surface area contributed by atoms with Gasteiger partial charge in [0.25, 0.3) is 0 Å². The van der Waals surface area contributed by atoms with Gasteiger partial charge < -0.3 is 15.9 Å². The first-order valence-corrected chi connectivity index (χ1v) is 6.26. The Balaban J connectivity index is 0.000000280. The Morgan fingerprint density at radius 3 is 2.39 bits per heavy atom. The van der Waals surface area contributed by atoms with Crippen LogP contribution >= 0.6 is 0 Å². The molecule has 0 saturated heterocycles. The molecule has 4 N–H and O–H groups in total. The molecule has 1 aliphatic carbocycles. The molecule has 100 valence electrons. The predicted octanol–water partition coefficient (Wildman–Crippen LogP) is 1.87. The van der Waals surface area contributed by atoms with Gasteiger partial charge in [-0.15, -0.1) is 0 Å². The quantitative estimate of drug-likeness (QED) is 0.749. The van der Waals surface area contributed by atoms with Crippen LogP contribution in [0.1, 0.15) is 38.2 Å². The van der Waals surface area contributed by atoms with Crippen molar-refractivity contribution >= 4 is 5.97 Å². The molecule has 2 rings (SSSR count). The number of carbonyl (C=O) groups is 1. The van der Waals surface area contributed by atoms with E-state index in [4.69, 9.17) is 10.8 Å². The molecule has 4 heteroatoms. The van der Waals surface area contributed by atoms with Crippen LogP contribution in [-0.2, 0) is 10.4 Å². The number of hydrogen-bond donors (Lipinski definition) is 3. The summed E-state index contributed by atoms with van der Waals surface area (Å²) in [5, 5.41) is 18.0. The van der Waals surface area contributed by atoms with Gasteiger partial charge in [-0.3, -0.25) is 4.79 Å². The van der Waals surface area contributed by atoms with Crippen LogP contribution in [0.3, 0.4) is 0 Å². The minimum atomic E-state index is -0.777. The van der Waals surface area contributed by atoms with E-state index in [1.165, 1.54) is 0 Å². The predicted molar refractivity (Wildman–Crippen MR) is 70.1 cm³/mol. The van der Waals surface area contributed by atoms with Crippen LogP contribution in [-0.4, -0.2) is 22.2 Å². The Morgan fingerprint density at radius 2 is 2.00 bits per heavy atom. The maximum absolute atomic E-state index is 10.3. The van der Waals surface area contributed by atoms with Gasteiger partial charge >= 0.3 is 5.97 Å². The van der Waals surface area contributed by atoms with E-state index >= 15 is 0 Å². The van der Waals surface area contributed by atoms with Gasteiger partial charge in [-0.2, -0.15) is 0 Å². The first-order valence-electron chi connectivity index (χ1n) is 6.26. The van der Waals surface area contributed by atoms with E-state index < -0.39 is 11.6 Å². The monoisotopic (exact) mass is 251 g/mol. The normalized spacial score (nSPS) is 26.3. The average molecular weight is 251 g/mol. The molecule has 1 saturated carbocycles. The number of benzene rings is 1. The van der Waals surface area contributed by atoms with Crippen molar-refractivity contribution in [3.63, 3.8) is 0 Å². The van der Waals surface area contributed by atoms with E-state index in [1.807, 2.05) is 30.3 Å². The van der Waals surface area contributed by atoms with Crippen molar-refractivity contribution in [3.8, 4) is 0 Å². The first kappa shape index (κ1) is 14.7. The van der Waals surface area contributed by atoms with E-state index in [9.17, 15) is 9.90 Å². The summed E-state index contributed by atoms with van der Waals surface area (Å²) in [7, 11) is 0. The highest BCUT2D eigenvalue weighted by Crippen LogP contribution is 2.37. The molecule has 4 nitrogen and oxygen atoms in total. The third kappa shape index (κ3) is 3.55. The lowest BCUT2D eigenvalue weighted by Gasteiger charge is -2.27. The van der Waals surface area contributed by atoms with E-state index in [0.717, 1.165) is 24.8 Å². The van der Waals surface area contributed by atoms with Gasteiger partial charge in [0.15, 0.2) is 0 Å². The van der Waals surface area contributed by atoms with Crippen molar-refractivity contribution in [2.45, 2.75) is 44.2 Å². The van der Waals surface area contributed by atoms with Gasteiger partial charge in [-0.1, -0.05) is 37.3 Å². The minimum Gasteiger partial charge on any atom is -0.481 e. The largest absolute Gasteiger partial charge is 0.481 e. The molecule has 0 aromatic heterocycles. The fraction of sp³-hybridized carbons (Fsp3) is 0.500. The van der Waals surface area contributed by atoms with Crippen molar-refractivity contribution < 1.29 is 15.0 Å². The number of nitrogens with two attached hydrogens (primary N) is 1. The second-order valence-corrected chi connectivity index (χ2v) is 4.54. The molecule has 2 atom stereocenters. The Morgan fingerprint density at radius 1 is 1.44 bits per heavy atom. The van der Waals surface area contributed by atoms with Crippen molar-refractivity contribution in [1.29, 1.82) is 0 Å². The van der Waals surface area contributed by atoms with Crippen molar-refractivity contribution in [2.75, 3.05) is 0 Å². The summed E-state index contributed by atoms with van der Waals surface area (Å²) in [5.74, 6) is -0.745. The van der Waals surface area contributed by atoms with E-state index in [1.54, 1.807) is 6.92 Å². The summed E-state index contributed by atoms with van der Waals surface area (Å²) in [6, 6.07) is 9.63. The number of hydrogen-bond acceptors (Lipinski definition) is 3. The third-order valence-electron chi connectivity index (χ3n) is 3.26. The van der Waals surface area contributed by atoms with Gasteiger partial charge in [-0.25, -0.2) is 0 Å². The summed E-state index contributed by atoms with van der Waals surface area (Å²) < 4.78 is 0. The molecule has 1 aromatic rings. The number of aliphatic hydroxyl groups is 1. The van der Waals surface area contributed by atoms with E-state index in [0.29, 0.717) is 0 Å². The zero-order chi connectivity index (χ0) is 13.6. The molecule has 1 fully saturated rings. The highest BCUT2D eigenvalue weighted by atomic mass is 16.4. The number of carboxylic acids is 1. The van der Waals surface area contributed by atoms with Crippen LogP contribution in [0.4, 0.5) is 0 Å². The van der Waals surface area contributed by atoms with Crippen LogP contribution in [0.15, 0.2) is 30.3 Å². The topological polar surface area (TPSA) is 83.5 Å². The molecular weight excluding hydrogens is 230 g/mol. The molecule has 0 aliphatic heterocycles. The molecule has 1 unspecified atom stereocenters. The lowest BCUT2D eigenvalue weighted by molar-refractivity contribution is -0.136. The fourth-order valence-electron chi connectivity index (χ4n) is 2.10.